The summed E-state index contributed by atoms with van der Waals surface area (Å²) in [6.07, 6.45) is 0.483. The molecule has 8 nitrogen and oxygen atoms in total. The monoisotopic (exact) mass is 350 g/mol. The Morgan fingerprint density at radius 2 is 2.00 bits per heavy atom. The molecule has 2 rings (SSSR count). The van der Waals surface area contributed by atoms with Crippen molar-refractivity contribution >= 4 is 23.7 Å². The molecule has 0 fully saturated rings. The normalized spacial score (nSPS) is 11.6. The van der Waals surface area contributed by atoms with E-state index < -0.39 is 17.2 Å². The fraction of sp³-hybridized carbons (Fsp3) is 0.333. The van der Waals surface area contributed by atoms with Gasteiger partial charge in [-0.1, -0.05) is 23.9 Å². The molecule has 0 saturated heterocycles. The fourth-order valence-corrected chi connectivity index (χ4v) is 2.46. The van der Waals surface area contributed by atoms with E-state index in [9.17, 15) is 9.59 Å². The molecule has 1 atom stereocenters. The Morgan fingerprint density at radius 1 is 1.29 bits per heavy atom. The van der Waals surface area contributed by atoms with Crippen LogP contribution in [-0.2, 0) is 11.2 Å². The minimum absolute atomic E-state index is 0.276. The van der Waals surface area contributed by atoms with Crippen LogP contribution in [0, 0.1) is 0 Å². The summed E-state index contributed by atoms with van der Waals surface area (Å²) in [5.41, 5.74) is 1.00. The molecule has 0 spiro atoms. The van der Waals surface area contributed by atoms with Crippen molar-refractivity contribution in [2.24, 2.45) is 0 Å². The van der Waals surface area contributed by atoms with Gasteiger partial charge < -0.3 is 14.5 Å². The van der Waals surface area contributed by atoms with Crippen molar-refractivity contribution in [3.8, 4) is 5.75 Å². The van der Waals surface area contributed by atoms with E-state index in [-0.39, 0.29) is 5.22 Å². The summed E-state index contributed by atoms with van der Waals surface area (Å²) in [5, 5.41) is 12.1. The average molecular weight is 350 g/mol. The second-order valence-corrected chi connectivity index (χ2v) is 6.11. The van der Waals surface area contributed by atoms with Crippen molar-refractivity contribution < 1.29 is 18.7 Å². The highest BCUT2D eigenvalue weighted by molar-refractivity contribution is 8.00. The molecule has 9 heteroatoms. The van der Waals surface area contributed by atoms with Gasteiger partial charge in [0.25, 0.3) is 5.22 Å². The summed E-state index contributed by atoms with van der Waals surface area (Å²) >= 11 is 1.09. The first-order valence-electron chi connectivity index (χ1n) is 7.16. The van der Waals surface area contributed by atoms with Gasteiger partial charge >= 0.3 is 6.03 Å². The minimum atomic E-state index is -0.557. The van der Waals surface area contributed by atoms with Gasteiger partial charge in [0.05, 0.1) is 18.8 Å². The first-order chi connectivity index (χ1) is 11.5. The van der Waals surface area contributed by atoms with Crippen LogP contribution in [0.15, 0.2) is 33.9 Å². The number of ether oxygens (including phenoxy) is 1. The third-order valence-corrected chi connectivity index (χ3v) is 4.01. The highest BCUT2D eigenvalue weighted by atomic mass is 32.2. The maximum absolute atomic E-state index is 11.8. The Bertz CT molecular complexity index is 702. The molecule has 0 saturated carbocycles. The number of hydrogen-bond acceptors (Lipinski definition) is 7. The van der Waals surface area contributed by atoms with Crippen LogP contribution in [-0.4, -0.2) is 41.5 Å². The van der Waals surface area contributed by atoms with Crippen LogP contribution in [0.4, 0.5) is 4.79 Å². The molecule has 3 amide bonds. The first-order valence-corrected chi connectivity index (χ1v) is 8.04. The highest BCUT2D eigenvalue weighted by Gasteiger charge is 2.19. The van der Waals surface area contributed by atoms with Crippen LogP contribution in [0.3, 0.4) is 0 Å². The zero-order valence-corrected chi connectivity index (χ0v) is 14.3. The summed E-state index contributed by atoms with van der Waals surface area (Å²) < 4.78 is 10.6. The lowest BCUT2D eigenvalue weighted by Crippen LogP contribution is -2.41. The predicted octanol–water partition coefficient (Wildman–Crippen LogP) is 1.61. The van der Waals surface area contributed by atoms with Crippen molar-refractivity contribution in [2.75, 3.05) is 14.2 Å². The Hall–Kier alpha value is -2.55. The van der Waals surface area contributed by atoms with E-state index in [4.69, 9.17) is 9.15 Å². The summed E-state index contributed by atoms with van der Waals surface area (Å²) in [7, 11) is 3.04. The maximum atomic E-state index is 11.8. The van der Waals surface area contributed by atoms with Crippen molar-refractivity contribution in [2.45, 2.75) is 23.8 Å². The zero-order chi connectivity index (χ0) is 17.5. The van der Waals surface area contributed by atoms with Crippen LogP contribution in [0.5, 0.6) is 5.75 Å². The molecular weight excluding hydrogens is 332 g/mol. The second kappa shape index (κ2) is 8.34. The number of nitrogens with zero attached hydrogens (tertiary/aromatic N) is 2. The van der Waals surface area contributed by atoms with Gasteiger partial charge in [0.1, 0.15) is 5.75 Å². The standard InChI is InChI=1S/C15H18N4O4S/c1-9(13(20)17-14(21)16-2)24-15-19-18-12(23-15)8-10-4-6-11(22-3)7-5-10/h4-7,9H,8H2,1-3H3,(H2,16,17,20,21)/t9-/m0/s1. The summed E-state index contributed by atoms with van der Waals surface area (Å²) in [6.45, 7) is 1.65. The summed E-state index contributed by atoms with van der Waals surface area (Å²) in [6, 6.07) is 6.97. The Balaban J connectivity index is 1.92. The van der Waals surface area contributed by atoms with Crippen LogP contribution < -0.4 is 15.4 Å². The number of benzene rings is 1. The largest absolute Gasteiger partial charge is 0.497 e. The van der Waals surface area contributed by atoms with Gasteiger partial charge in [0.15, 0.2) is 0 Å². The summed E-state index contributed by atoms with van der Waals surface area (Å²) in [5.74, 6) is 0.785. The third kappa shape index (κ3) is 4.98. The lowest BCUT2D eigenvalue weighted by Gasteiger charge is -2.07. The summed E-state index contributed by atoms with van der Waals surface area (Å²) in [4.78, 5) is 22.9. The molecule has 1 heterocycles. The topological polar surface area (TPSA) is 106 Å². The fourth-order valence-electron chi connectivity index (χ4n) is 1.76. The zero-order valence-electron chi connectivity index (χ0n) is 13.5. The van der Waals surface area contributed by atoms with Crippen molar-refractivity contribution in [3.63, 3.8) is 0 Å². The van der Waals surface area contributed by atoms with E-state index >= 15 is 0 Å². The molecule has 0 bridgehead atoms. The van der Waals surface area contributed by atoms with Crippen LogP contribution in [0.25, 0.3) is 0 Å². The van der Waals surface area contributed by atoms with Gasteiger partial charge in [-0.25, -0.2) is 4.79 Å². The number of thioether (sulfide) groups is 1. The lowest BCUT2D eigenvalue weighted by molar-refractivity contribution is -0.119. The van der Waals surface area contributed by atoms with E-state index in [0.29, 0.717) is 12.3 Å². The molecule has 2 aromatic rings. The molecule has 0 aliphatic heterocycles. The minimum Gasteiger partial charge on any atom is -0.497 e. The molecule has 0 aliphatic rings. The van der Waals surface area contributed by atoms with Crippen LogP contribution in [0.1, 0.15) is 18.4 Å². The SMILES string of the molecule is CNC(=O)NC(=O)[C@H](C)Sc1nnc(Cc2ccc(OC)cc2)o1. The molecule has 1 aromatic heterocycles. The Kier molecular flexibility index (Phi) is 6.19. The molecule has 0 unspecified atom stereocenters. The number of methoxy groups -OCH3 is 1. The molecule has 0 radical (unpaired) electrons. The number of imide groups is 1. The predicted molar refractivity (Wildman–Crippen MR) is 88.0 cm³/mol. The molecule has 1 aromatic carbocycles. The second-order valence-electron chi connectivity index (χ2n) is 4.82. The number of amides is 3. The van der Waals surface area contributed by atoms with Crippen LogP contribution >= 0.6 is 11.8 Å². The number of hydrogen-bond donors (Lipinski definition) is 2. The Morgan fingerprint density at radius 3 is 2.62 bits per heavy atom. The average Bonchev–Trinajstić information content (AvgIpc) is 3.02. The number of nitrogens with one attached hydrogen (secondary N) is 2. The third-order valence-electron chi connectivity index (χ3n) is 3.07. The molecule has 0 aliphatic carbocycles. The van der Waals surface area contributed by atoms with E-state index in [2.05, 4.69) is 20.8 Å². The Labute approximate surface area is 143 Å². The quantitative estimate of drug-likeness (QED) is 0.762. The van der Waals surface area contributed by atoms with E-state index in [1.807, 2.05) is 24.3 Å². The molecular formula is C15H18N4O4S. The van der Waals surface area contributed by atoms with Gasteiger partial charge in [-0.15, -0.1) is 10.2 Å². The van der Waals surface area contributed by atoms with Gasteiger partial charge in [0.2, 0.25) is 11.8 Å². The van der Waals surface area contributed by atoms with Gasteiger partial charge in [-0.3, -0.25) is 10.1 Å². The van der Waals surface area contributed by atoms with Gasteiger partial charge in [-0.2, -0.15) is 0 Å². The number of carbonyl (C=O) groups is 2. The maximum Gasteiger partial charge on any atom is 0.321 e. The van der Waals surface area contributed by atoms with Crippen LogP contribution in [0.2, 0.25) is 0 Å². The molecule has 2 N–H and O–H groups in total. The van der Waals surface area contributed by atoms with Crippen molar-refractivity contribution in [3.05, 3.63) is 35.7 Å². The molecule has 128 valence electrons. The highest BCUT2D eigenvalue weighted by Crippen LogP contribution is 2.23. The van der Waals surface area contributed by atoms with Gasteiger partial charge in [-0.05, 0) is 24.6 Å². The van der Waals surface area contributed by atoms with E-state index in [0.717, 1.165) is 23.1 Å². The van der Waals surface area contributed by atoms with Crippen molar-refractivity contribution in [1.82, 2.24) is 20.8 Å². The smallest absolute Gasteiger partial charge is 0.321 e. The van der Waals surface area contributed by atoms with Gasteiger partial charge in [0, 0.05) is 7.05 Å². The number of urea groups is 1. The number of rotatable bonds is 6. The van der Waals surface area contributed by atoms with E-state index in [1.54, 1.807) is 14.0 Å². The number of aromatic nitrogens is 2. The first kappa shape index (κ1) is 17.8. The van der Waals surface area contributed by atoms with Crippen molar-refractivity contribution in [1.29, 1.82) is 0 Å². The lowest BCUT2D eigenvalue weighted by atomic mass is 10.1. The van der Waals surface area contributed by atoms with E-state index in [1.165, 1.54) is 7.05 Å². The number of carbonyl (C=O) groups excluding carboxylic acids is 2. The molecule has 24 heavy (non-hydrogen) atoms.